The highest BCUT2D eigenvalue weighted by Gasteiger charge is 2.59. The van der Waals surface area contributed by atoms with E-state index in [0.29, 0.717) is 5.41 Å². The topological polar surface area (TPSA) is 58.6 Å². The molecule has 4 rings (SSSR count). The van der Waals surface area contributed by atoms with Gasteiger partial charge in [0.25, 0.3) is 0 Å². The van der Waals surface area contributed by atoms with Crippen LogP contribution in [-0.4, -0.2) is 16.9 Å². The second-order valence-corrected chi connectivity index (χ2v) is 9.16. The molecule has 0 saturated heterocycles. The van der Waals surface area contributed by atoms with Crippen molar-refractivity contribution in [1.82, 2.24) is 0 Å². The van der Waals surface area contributed by atoms with Gasteiger partial charge in [-0.25, -0.2) is 0 Å². The van der Waals surface area contributed by atoms with Crippen molar-refractivity contribution in [2.45, 2.75) is 77.7 Å². The van der Waals surface area contributed by atoms with Crippen LogP contribution in [-0.2, 0) is 0 Å². The van der Waals surface area contributed by atoms with Gasteiger partial charge in [-0.1, -0.05) is 13.8 Å². The van der Waals surface area contributed by atoms with Crippen LogP contribution in [0, 0.1) is 34.5 Å². The molecule has 7 atom stereocenters. The molecule has 0 aromatic heterocycles. The third kappa shape index (κ3) is 1.87. The van der Waals surface area contributed by atoms with E-state index in [1.54, 1.807) is 0 Å². The lowest BCUT2D eigenvalue weighted by Crippen LogP contribution is -2.54. The summed E-state index contributed by atoms with van der Waals surface area (Å²) in [6.07, 6.45) is 11.0. The molecule has 3 heteroatoms. The lowest BCUT2D eigenvalue weighted by molar-refractivity contribution is -0.113. The number of aliphatic hydroxyl groups is 1. The van der Waals surface area contributed by atoms with Crippen molar-refractivity contribution < 1.29 is 5.11 Å². The molecule has 3 N–H and O–H groups in total. The van der Waals surface area contributed by atoms with Crippen LogP contribution in [0.4, 0.5) is 0 Å². The fraction of sp³-hybridized carbons (Fsp3) is 0.947. The number of rotatable bonds is 0. The minimum absolute atomic E-state index is 0.0362. The maximum atomic E-state index is 10.1. The predicted octanol–water partition coefficient (Wildman–Crippen LogP) is 3.70. The Labute approximate surface area is 134 Å². The normalized spacial score (nSPS) is 56.3. The molecule has 4 aliphatic carbocycles. The summed E-state index contributed by atoms with van der Waals surface area (Å²) in [4.78, 5) is 0. The highest BCUT2D eigenvalue weighted by atomic mass is 16.3. The van der Waals surface area contributed by atoms with E-state index in [4.69, 9.17) is 5.84 Å². The van der Waals surface area contributed by atoms with Crippen LogP contribution >= 0.6 is 0 Å². The fourth-order valence-corrected chi connectivity index (χ4v) is 7.24. The van der Waals surface area contributed by atoms with Crippen molar-refractivity contribution in [2.75, 3.05) is 0 Å². The Hall–Kier alpha value is -0.570. The van der Waals surface area contributed by atoms with Crippen molar-refractivity contribution in [2.24, 2.45) is 45.4 Å². The van der Waals surface area contributed by atoms with E-state index >= 15 is 0 Å². The number of hydrogen-bond donors (Lipinski definition) is 2. The summed E-state index contributed by atoms with van der Waals surface area (Å²) >= 11 is 0. The van der Waals surface area contributed by atoms with Gasteiger partial charge in [0, 0.05) is 11.1 Å². The van der Waals surface area contributed by atoms with Gasteiger partial charge in [0.05, 0.1) is 6.10 Å². The van der Waals surface area contributed by atoms with Crippen LogP contribution in [0.15, 0.2) is 5.10 Å². The van der Waals surface area contributed by atoms with E-state index in [1.165, 1.54) is 44.2 Å². The van der Waals surface area contributed by atoms with Crippen LogP contribution in [0.5, 0.6) is 0 Å². The molecular formula is C19H32N2O. The number of nitrogens with two attached hydrogens (primary N) is 1. The summed E-state index contributed by atoms with van der Waals surface area (Å²) in [5, 5.41) is 14.3. The largest absolute Gasteiger partial charge is 0.393 e. The molecule has 0 heterocycles. The van der Waals surface area contributed by atoms with Gasteiger partial charge in [-0.2, -0.15) is 5.10 Å². The van der Waals surface area contributed by atoms with E-state index in [2.05, 4.69) is 18.9 Å². The van der Waals surface area contributed by atoms with Gasteiger partial charge in [-0.3, -0.25) is 0 Å². The maximum Gasteiger partial charge on any atom is 0.0543 e. The Balaban J connectivity index is 1.63. The maximum absolute atomic E-state index is 10.1. The average molecular weight is 304 g/mol. The Morgan fingerprint density at radius 3 is 2.64 bits per heavy atom. The summed E-state index contributed by atoms with van der Waals surface area (Å²) in [6, 6.07) is 0. The van der Waals surface area contributed by atoms with Gasteiger partial charge in [0.15, 0.2) is 0 Å². The zero-order valence-corrected chi connectivity index (χ0v) is 14.2. The molecular weight excluding hydrogens is 272 g/mol. The van der Waals surface area contributed by atoms with Gasteiger partial charge in [-0.05, 0) is 86.9 Å². The van der Waals surface area contributed by atoms with E-state index in [-0.39, 0.29) is 11.5 Å². The van der Waals surface area contributed by atoms with Gasteiger partial charge in [0.2, 0.25) is 0 Å². The molecule has 0 unspecified atom stereocenters. The SMILES string of the molecule is C[C@]12CC[C@@H](O)C[C@@H]1CC[C@@H]1[C@@H]2CC[C@]2(C)C(=NN)CC[C@@H]12. The van der Waals surface area contributed by atoms with Crippen LogP contribution < -0.4 is 5.84 Å². The first kappa shape index (κ1) is 15.0. The molecule has 22 heavy (non-hydrogen) atoms. The third-order valence-corrected chi connectivity index (χ3v) is 8.53. The van der Waals surface area contributed by atoms with Gasteiger partial charge < -0.3 is 10.9 Å². The van der Waals surface area contributed by atoms with Crippen molar-refractivity contribution in [3.63, 3.8) is 0 Å². The van der Waals surface area contributed by atoms with Crippen LogP contribution in [0.2, 0.25) is 0 Å². The number of hydrogen-bond acceptors (Lipinski definition) is 3. The van der Waals surface area contributed by atoms with E-state index < -0.39 is 0 Å². The monoisotopic (exact) mass is 304 g/mol. The number of fused-ring (bicyclic) bond motifs is 5. The Bertz CT molecular complexity index is 490. The summed E-state index contributed by atoms with van der Waals surface area (Å²) in [6.45, 7) is 4.99. The quantitative estimate of drug-likeness (QED) is 0.529. The van der Waals surface area contributed by atoms with E-state index in [0.717, 1.165) is 42.9 Å². The molecule has 0 aromatic carbocycles. The van der Waals surface area contributed by atoms with Gasteiger partial charge in [-0.15, -0.1) is 0 Å². The van der Waals surface area contributed by atoms with Crippen molar-refractivity contribution in [3.8, 4) is 0 Å². The van der Waals surface area contributed by atoms with E-state index in [1.807, 2.05) is 0 Å². The average Bonchev–Trinajstić information content (AvgIpc) is 2.84. The molecule has 3 nitrogen and oxygen atoms in total. The molecule has 0 aromatic rings. The van der Waals surface area contributed by atoms with Gasteiger partial charge in [0.1, 0.15) is 0 Å². The van der Waals surface area contributed by atoms with Gasteiger partial charge >= 0.3 is 0 Å². The highest BCUT2D eigenvalue weighted by molar-refractivity contribution is 5.92. The molecule has 0 bridgehead atoms. The zero-order chi connectivity index (χ0) is 15.5. The molecule has 0 radical (unpaired) electrons. The fourth-order valence-electron chi connectivity index (χ4n) is 7.24. The lowest BCUT2D eigenvalue weighted by Gasteiger charge is -2.60. The summed E-state index contributed by atoms with van der Waals surface area (Å²) < 4.78 is 0. The minimum atomic E-state index is -0.0362. The Kier molecular flexibility index (Phi) is 3.38. The first-order valence-corrected chi connectivity index (χ1v) is 9.44. The number of hydrazone groups is 1. The van der Waals surface area contributed by atoms with E-state index in [9.17, 15) is 5.11 Å². The van der Waals surface area contributed by atoms with Crippen molar-refractivity contribution in [1.29, 1.82) is 0 Å². The molecule has 4 aliphatic rings. The molecule has 0 spiro atoms. The molecule has 0 aliphatic heterocycles. The lowest BCUT2D eigenvalue weighted by atomic mass is 9.45. The molecule has 4 fully saturated rings. The second kappa shape index (κ2) is 4.96. The Morgan fingerprint density at radius 1 is 1.05 bits per heavy atom. The molecule has 0 amide bonds. The first-order valence-electron chi connectivity index (χ1n) is 9.44. The van der Waals surface area contributed by atoms with Crippen LogP contribution in [0.25, 0.3) is 0 Å². The van der Waals surface area contributed by atoms with Crippen LogP contribution in [0.1, 0.15) is 71.6 Å². The summed E-state index contributed by atoms with van der Waals surface area (Å²) in [5.74, 6) is 9.00. The summed E-state index contributed by atoms with van der Waals surface area (Å²) in [7, 11) is 0. The third-order valence-electron chi connectivity index (χ3n) is 8.53. The summed E-state index contributed by atoms with van der Waals surface area (Å²) in [5.41, 5.74) is 2.06. The highest BCUT2D eigenvalue weighted by Crippen LogP contribution is 2.65. The molecule has 124 valence electrons. The first-order chi connectivity index (χ1) is 10.5. The zero-order valence-electron chi connectivity index (χ0n) is 14.2. The number of nitrogens with zero attached hydrogens (tertiary/aromatic N) is 1. The predicted molar refractivity (Wildman–Crippen MR) is 89.4 cm³/mol. The van der Waals surface area contributed by atoms with Crippen molar-refractivity contribution in [3.05, 3.63) is 0 Å². The smallest absolute Gasteiger partial charge is 0.0543 e. The van der Waals surface area contributed by atoms with Crippen LogP contribution in [0.3, 0.4) is 0 Å². The van der Waals surface area contributed by atoms with Crippen molar-refractivity contribution >= 4 is 5.71 Å². The Morgan fingerprint density at radius 2 is 1.86 bits per heavy atom. The minimum Gasteiger partial charge on any atom is -0.393 e. The second-order valence-electron chi connectivity index (χ2n) is 9.16. The standard InChI is InChI=1S/C19H32N2O/c1-18-9-7-13(22)11-12(18)3-4-14-15-5-6-17(21-20)19(15,2)10-8-16(14)18/h12-16,22H,3-11,20H2,1-2H3/t12-,13+,14-,15-,16-,18-,19-/m0/s1. The molecule has 4 saturated carbocycles. The number of aliphatic hydroxyl groups excluding tert-OH is 1.